The number of hydrogen-bond donors (Lipinski definition) is 1. The molecule has 1 N–H and O–H groups in total. The van der Waals surface area contributed by atoms with Gasteiger partial charge in [-0.05, 0) is 24.8 Å². The number of rotatable bonds is 8. The first-order valence-corrected chi connectivity index (χ1v) is 9.91. The minimum atomic E-state index is -4.47. The molecule has 0 radical (unpaired) electrons. The number of unbranched alkanes of at least 4 members (excludes halogenated alkanes) is 2. The van der Waals surface area contributed by atoms with Crippen molar-refractivity contribution in [3.05, 3.63) is 23.9 Å². The molecule has 2 aliphatic rings. The van der Waals surface area contributed by atoms with Crippen molar-refractivity contribution in [2.75, 3.05) is 6.54 Å². The van der Waals surface area contributed by atoms with Gasteiger partial charge in [0.1, 0.15) is 0 Å². The van der Waals surface area contributed by atoms with E-state index >= 15 is 0 Å². The number of fused-ring (bicyclic) bond motifs is 2. The molecule has 5 nitrogen and oxygen atoms in total. The van der Waals surface area contributed by atoms with Crippen molar-refractivity contribution >= 4 is 5.97 Å². The van der Waals surface area contributed by atoms with Crippen LogP contribution in [0.5, 0.6) is 5.88 Å². The van der Waals surface area contributed by atoms with Gasteiger partial charge in [0.05, 0.1) is 11.5 Å². The van der Waals surface area contributed by atoms with E-state index in [0.717, 1.165) is 44.0 Å². The first-order valence-electron chi connectivity index (χ1n) is 9.91. The van der Waals surface area contributed by atoms with Gasteiger partial charge in [0, 0.05) is 25.2 Å². The van der Waals surface area contributed by atoms with Gasteiger partial charge in [-0.3, -0.25) is 10.1 Å². The molecule has 2 bridgehead atoms. The van der Waals surface area contributed by atoms with Crippen molar-refractivity contribution in [2.24, 2.45) is 11.8 Å². The van der Waals surface area contributed by atoms with Crippen LogP contribution < -0.4 is 10.1 Å². The van der Waals surface area contributed by atoms with E-state index in [0.29, 0.717) is 19.4 Å². The van der Waals surface area contributed by atoms with Crippen molar-refractivity contribution in [1.82, 2.24) is 10.3 Å². The van der Waals surface area contributed by atoms with Gasteiger partial charge in [-0.15, -0.1) is 0 Å². The van der Waals surface area contributed by atoms with E-state index in [2.05, 4.69) is 17.2 Å². The highest BCUT2D eigenvalue weighted by Crippen LogP contribution is 2.43. The quantitative estimate of drug-likeness (QED) is 0.520. The number of hydrogen-bond acceptors (Lipinski definition) is 5. The highest BCUT2D eigenvalue weighted by atomic mass is 19.4. The third-order valence-electron chi connectivity index (χ3n) is 5.60. The van der Waals surface area contributed by atoms with Crippen LogP contribution in [0.3, 0.4) is 0 Å². The van der Waals surface area contributed by atoms with Crippen molar-refractivity contribution < 1.29 is 27.4 Å². The van der Waals surface area contributed by atoms with Crippen molar-refractivity contribution in [1.29, 1.82) is 0 Å². The second kappa shape index (κ2) is 8.27. The molecule has 2 heterocycles. The lowest BCUT2D eigenvalue weighted by Gasteiger charge is -2.35. The van der Waals surface area contributed by atoms with E-state index < -0.39 is 23.6 Å². The number of halogens is 3. The minimum absolute atomic E-state index is 0.111. The van der Waals surface area contributed by atoms with Crippen LogP contribution in [-0.2, 0) is 15.7 Å². The fraction of sp³-hybridized carbons (Fsp3) is 0.700. The Morgan fingerprint density at radius 2 is 2.21 bits per heavy atom. The van der Waals surface area contributed by atoms with Crippen LogP contribution in [0.4, 0.5) is 13.2 Å². The molecule has 1 saturated carbocycles. The Balaban J connectivity index is 1.68. The second-order valence-electron chi connectivity index (χ2n) is 7.88. The van der Waals surface area contributed by atoms with Gasteiger partial charge in [0.2, 0.25) is 11.6 Å². The number of esters is 1. The number of carbonyl (C=O) groups is 1. The van der Waals surface area contributed by atoms with E-state index in [1.54, 1.807) is 0 Å². The van der Waals surface area contributed by atoms with Crippen LogP contribution in [0.2, 0.25) is 0 Å². The average molecular weight is 400 g/mol. The van der Waals surface area contributed by atoms with Crippen LogP contribution in [0.15, 0.2) is 18.3 Å². The number of ether oxygens (including phenoxy) is 2. The highest BCUT2D eigenvalue weighted by molar-refractivity contribution is 5.72. The molecular weight excluding hydrogens is 373 g/mol. The van der Waals surface area contributed by atoms with Gasteiger partial charge < -0.3 is 9.47 Å². The van der Waals surface area contributed by atoms with Crippen molar-refractivity contribution in [3.63, 3.8) is 0 Å². The van der Waals surface area contributed by atoms with Crippen LogP contribution in [-0.4, -0.2) is 29.3 Å². The van der Waals surface area contributed by atoms with Crippen LogP contribution in [0.25, 0.3) is 0 Å². The van der Waals surface area contributed by atoms with E-state index in [-0.39, 0.29) is 23.7 Å². The fourth-order valence-electron chi connectivity index (χ4n) is 3.98. The number of carbonyl (C=O) groups excluding carboxylic acids is 1. The lowest BCUT2D eigenvalue weighted by molar-refractivity contribution is -0.176. The maximum absolute atomic E-state index is 12.9. The number of aromatic nitrogens is 1. The maximum Gasteiger partial charge on any atom is 0.416 e. The summed E-state index contributed by atoms with van der Waals surface area (Å²) in [6.45, 7) is 4.65. The third-order valence-corrected chi connectivity index (χ3v) is 5.60. The molecule has 1 aliphatic carbocycles. The van der Waals surface area contributed by atoms with Gasteiger partial charge in [0.25, 0.3) is 0 Å². The summed E-state index contributed by atoms with van der Waals surface area (Å²) in [5, 5.41) is 3.22. The summed E-state index contributed by atoms with van der Waals surface area (Å²) in [6.07, 6.45) is 1.13. The second-order valence-corrected chi connectivity index (χ2v) is 7.88. The topological polar surface area (TPSA) is 60.5 Å². The maximum atomic E-state index is 12.9. The van der Waals surface area contributed by atoms with E-state index in [9.17, 15) is 18.0 Å². The van der Waals surface area contributed by atoms with Crippen LogP contribution in [0, 0.1) is 11.8 Å². The molecule has 0 aromatic carbocycles. The Hall–Kier alpha value is -1.83. The molecule has 8 heteroatoms. The summed E-state index contributed by atoms with van der Waals surface area (Å²) in [7, 11) is 0. The molecule has 1 unspecified atom stereocenters. The molecule has 1 aromatic rings. The van der Waals surface area contributed by atoms with E-state index in [1.807, 2.05) is 6.92 Å². The Bertz CT molecular complexity index is 698. The van der Waals surface area contributed by atoms with Gasteiger partial charge in [-0.25, -0.2) is 4.98 Å². The predicted molar refractivity (Wildman–Crippen MR) is 96.5 cm³/mol. The SMILES string of the molecule is CCCCCC(C)C(=O)O[C@]12C[C@H](CN1)C[C@H]2Oc1cc(C(F)(F)F)ccn1. The zero-order valence-electron chi connectivity index (χ0n) is 16.2. The molecule has 1 saturated heterocycles. The summed E-state index contributed by atoms with van der Waals surface area (Å²) < 4.78 is 50.4. The van der Waals surface area contributed by atoms with Crippen molar-refractivity contribution in [3.8, 4) is 5.88 Å². The summed E-state index contributed by atoms with van der Waals surface area (Å²) in [4.78, 5) is 16.5. The summed E-state index contributed by atoms with van der Waals surface area (Å²) in [5.74, 6) is -0.369. The van der Waals surface area contributed by atoms with Gasteiger partial charge in [-0.1, -0.05) is 33.1 Å². The molecule has 0 spiro atoms. The van der Waals surface area contributed by atoms with Crippen molar-refractivity contribution in [2.45, 2.75) is 70.4 Å². The monoisotopic (exact) mass is 400 g/mol. The molecule has 28 heavy (non-hydrogen) atoms. The van der Waals surface area contributed by atoms with E-state index in [4.69, 9.17) is 9.47 Å². The summed E-state index contributed by atoms with van der Waals surface area (Å²) in [6, 6.07) is 1.79. The van der Waals surface area contributed by atoms with Gasteiger partial charge in [0.15, 0.2) is 6.10 Å². The number of nitrogens with one attached hydrogen (secondary N) is 1. The molecule has 4 atom stereocenters. The Kier molecular flexibility index (Phi) is 6.17. The Morgan fingerprint density at radius 3 is 2.89 bits per heavy atom. The van der Waals surface area contributed by atoms with Crippen LogP contribution >= 0.6 is 0 Å². The normalized spacial score (nSPS) is 27.6. The first kappa shape index (κ1) is 20.9. The molecule has 1 aliphatic heterocycles. The largest absolute Gasteiger partial charge is 0.469 e. The third kappa shape index (κ3) is 4.59. The minimum Gasteiger partial charge on any atom is -0.469 e. The average Bonchev–Trinajstić information content (AvgIpc) is 3.18. The zero-order valence-corrected chi connectivity index (χ0v) is 16.2. The Morgan fingerprint density at radius 1 is 1.43 bits per heavy atom. The smallest absolute Gasteiger partial charge is 0.416 e. The molecule has 0 amide bonds. The molecule has 3 rings (SSSR count). The Labute approximate surface area is 163 Å². The van der Waals surface area contributed by atoms with E-state index in [1.165, 1.54) is 0 Å². The molecule has 2 fully saturated rings. The zero-order chi connectivity index (χ0) is 20.4. The summed E-state index contributed by atoms with van der Waals surface area (Å²) in [5.41, 5.74) is -1.80. The van der Waals surface area contributed by atoms with Gasteiger partial charge in [-0.2, -0.15) is 13.2 Å². The molecular formula is C20H27F3N2O3. The number of nitrogens with zero attached hydrogens (tertiary/aromatic N) is 1. The first-order chi connectivity index (χ1) is 13.2. The standard InChI is InChI=1S/C20H27F3N2O3/c1-3-4-5-6-13(2)18(26)28-19-11-14(12-25-19)9-16(19)27-17-10-15(7-8-24-17)20(21,22)23/h7-8,10,13-14,16,25H,3-6,9,11-12H2,1-2H3/t13?,14-,16-,19+/m1/s1. The number of piperidine rings is 1. The number of pyridine rings is 1. The highest BCUT2D eigenvalue weighted by Gasteiger charge is 2.57. The molecule has 156 valence electrons. The summed E-state index contributed by atoms with van der Waals surface area (Å²) >= 11 is 0. The van der Waals surface area contributed by atoms with Crippen LogP contribution in [0.1, 0.15) is 57.9 Å². The lowest BCUT2D eigenvalue weighted by atomic mass is 10.0. The lowest BCUT2D eigenvalue weighted by Crippen LogP contribution is -2.56. The number of alkyl halides is 3. The predicted octanol–water partition coefficient (Wildman–Crippen LogP) is 4.32. The molecule has 1 aromatic heterocycles. The van der Waals surface area contributed by atoms with Gasteiger partial charge >= 0.3 is 12.1 Å². The fourth-order valence-corrected chi connectivity index (χ4v) is 3.98.